The molecule has 0 radical (unpaired) electrons. The van der Waals surface area contributed by atoms with Crippen LogP contribution in [-0.2, 0) is 6.42 Å². The first-order valence-electron chi connectivity index (χ1n) is 11.1. The zero-order chi connectivity index (χ0) is 18.0. The van der Waals surface area contributed by atoms with Gasteiger partial charge >= 0.3 is 0 Å². The zero-order valence-electron chi connectivity index (χ0n) is 16.7. The van der Waals surface area contributed by atoms with E-state index in [0.29, 0.717) is 0 Å². The molecule has 1 aromatic carbocycles. The first-order valence-corrected chi connectivity index (χ1v) is 11.5. The first kappa shape index (κ1) is 22.6. The van der Waals surface area contributed by atoms with Gasteiger partial charge in [0.2, 0.25) is 0 Å². The highest BCUT2D eigenvalue weighted by Gasteiger charge is 1.99. The molecule has 0 amide bonds. The summed E-state index contributed by atoms with van der Waals surface area (Å²) in [5, 5.41) is 0.934. The molecule has 0 bridgehead atoms. The van der Waals surface area contributed by atoms with Crippen molar-refractivity contribution in [3.8, 4) is 0 Å². The molecule has 0 unspecified atom stereocenters. The predicted octanol–water partition coefficient (Wildman–Crippen LogP) is 9.14. The molecule has 0 N–H and O–H groups in total. The van der Waals surface area contributed by atoms with Gasteiger partial charge in [-0.15, -0.1) is 0 Å². The number of hydrogen-bond acceptors (Lipinski definition) is 0. The lowest BCUT2D eigenvalue weighted by Gasteiger charge is -2.05. The third-order valence-corrected chi connectivity index (χ3v) is 5.63. The number of halogens is 1. The summed E-state index contributed by atoms with van der Waals surface area (Å²) in [6.07, 6.45) is 23.9. The molecule has 1 aromatic rings. The minimum Gasteiger partial charge on any atom is -0.0840 e. The third kappa shape index (κ3) is 13.4. The summed E-state index contributed by atoms with van der Waals surface area (Å²) in [6.45, 7) is 2.29. The fraction of sp³-hybridized carbons (Fsp3) is 0.750. The van der Waals surface area contributed by atoms with Gasteiger partial charge in [-0.2, -0.15) is 0 Å². The number of rotatable bonds is 17. The zero-order valence-corrected chi connectivity index (χ0v) is 17.5. The molecule has 0 aliphatic rings. The minimum atomic E-state index is 0.934. The second-order valence-corrected chi connectivity index (χ2v) is 8.05. The lowest BCUT2D eigenvalue weighted by atomic mass is 10.0. The van der Waals surface area contributed by atoms with Crippen LogP contribution in [0.4, 0.5) is 0 Å². The minimum absolute atomic E-state index is 0.934. The Kier molecular flexibility index (Phi) is 15.3. The predicted molar refractivity (Wildman–Crippen MR) is 115 cm³/mol. The molecule has 25 heavy (non-hydrogen) atoms. The van der Waals surface area contributed by atoms with E-state index in [1.807, 2.05) is 12.1 Å². The van der Waals surface area contributed by atoms with Crippen LogP contribution in [0.2, 0.25) is 5.02 Å². The molecule has 0 aliphatic carbocycles. The highest BCUT2D eigenvalue weighted by Crippen LogP contribution is 2.18. The van der Waals surface area contributed by atoms with Crippen LogP contribution in [-0.4, -0.2) is 0 Å². The Morgan fingerprint density at radius 3 is 1.40 bits per heavy atom. The van der Waals surface area contributed by atoms with Crippen molar-refractivity contribution in [2.75, 3.05) is 0 Å². The van der Waals surface area contributed by atoms with Gasteiger partial charge in [-0.05, 0) is 24.5 Å². The van der Waals surface area contributed by atoms with Crippen molar-refractivity contribution in [3.05, 3.63) is 34.9 Å². The maximum Gasteiger partial charge on any atom is 0.0437 e. The molecule has 0 fully saturated rings. The summed E-state index contributed by atoms with van der Waals surface area (Å²) in [7, 11) is 0. The van der Waals surface area contributed by atoms with Crippen molar-refractivity contribution < 1.29 is 0 Å². The fourth-order valence-corrected chi connectivity index (χ4v) is 3.79. The molecule has 0 saturated carbocycles. The standard InChI is InChI=1S/C24H41Cl/c1-2-3-4-5-6-7-8-9-10-11-12-13-14-15-16-17-20-23-21-18-19-22-24(23)25/h18-19,21-22H,2-17,20H2,1H3. The quantitative estimate of drug-likeness (QED) is 0.242. The summed E-state index contributed by atoms with van der Waals surface area (Å²) >= 11 is 6.20. The summed E-state index contributed by atoms with van der Waals surface area (Å²) in [5.74, 6) is 0. The van der Waals surface area contributed by atoms with Gasteiger partial charge in [0.15, 0.2) is 0 Å². The molecule has 0 heterocycles. The number of unbranched alkanes of at least 4 members (excludes halogenated alkanes) is 15. The van der Waals surface area contributed by atoms with Crippen LogP contribution >= 0.6 is 11.6 Å². The van der Waals surface area contributed by atoms with Gasteiger partial charge in [-0.3, -0.25) is 0 Å². The molecule has 1 heteroatoms. The van der Waals surface area contributed by atoms with Crippen LogP contribution in [0.5, 0.6) is 0 Å². The number of aryl methyl sites for hydroxylation is 1. The van der Waals surface area contributed by atoms with Gasteiger partial charge in [0.1, 0.15) is 0 Å². The Balaban J connectivity index is 1.75. The Hall–Kier alpha value is -0.490. The molecule has 0 aromatic heterocycles. The van der Waals surface area contributed by atoms with Gasteiger partial charge in [0.25, 0.3) is 0 Å². The second-order valence-electron chi connectivity index (χ2n) is 7.64. The highest BCUT2D eigenvalue weighted by atomic mass is 35.5. The van der Waals surface area contributed by atoms with Gasteiger partial charge < -0.3 is 0 Å². The molecule has 0 atom stereocenters. The van der Waals surface area contributed by atoms with E-state index in [1.54, 1.807) is 0 Å². The van der Waals surface area contributed by atoms with E-state index in [9.17, 15) is 0 Å². The average molecular weight is 365 g/mol. The van der Waals surface area contributed by atoms with Crippen LogP contribution in [0.15, 0.2) is 24.3 Å². The molecular weight excluding hydrogens is 324 g/mol. The van der Waals surface area contributed by atoms with Crippen LogP contribution in [0.25, 0.3) is 0 Å². The van der Waals surface area contributed by atoms with E-state index in [0.717, 1.165) is 11.4 Å². The van der Waals surface area contributed by atoms with E-state index in [-0.39, 0.29) is 0 Å². The fourth-order valence-electron chi connectivity index (χ4n) is 3.56. The topological polar surface area (TPSA) is 0 Å². The molecule has 0 saturated heterocycles. The van der Waals surface area contributed by atoms with E-state index in [1.165, 1.54) is 108 Å². The normalized spacial score (nSPS) is 11.1. The van der Waals surface area contributed by atoms with Gasteiger partial charge in [-0.25, -0.2) is 0 Å². The molecule has 0 aliphatic heterocycles. The molecule has 1 rings (SSSR count). The molecular formula is C24H41Cl. The smallest absolute Gasteiger partial charge is 0.0437 e. The summed E-state index contributed by atoms with van der Waals surface area (Å²) in [6, 6.07) is 8.27. The lowest BCUT2D eigenvalue weighted by Crippen LogP contribution is -1.87. The Bertz CT molecular complexity index is 399. The van der Waals surface area contributed by atoms with Crippen LogP contribution in [0, 0.1) is 0 Å². The van der Waals surface area contributed by atoms with Crippen molar-refractivity contribution >= 4 is 11.6 Å². The Labute approximate surface area is 162 Å². The van der Waals surface area contributed by atoms with Crippen molar-refractivity contribution in [2.45, 2.75) is 116 Å². The van der Waals surface area contributed by atoms with Gasteiger partial charge in [0, 0.05) is 5.02 Å². The number of benzene rings is 1. The first-order chi connectivity index (χ1) is 12.3. The van der Waals surface area contributed by atoms with Crippen molar-refractivity contribution in [1.82, 2.24) is 0 Å². The molecule has 0 spiro atoms. The third-order valence-electron chi connectivity index (χ3n) is 5.26. The average Bonchev–Trinajstić information content (AvgIpc) is 2.63. The van der Waals surface area contributed by atoms with Crippen LogP contribution < -0.4 is 0 Å². The monoisotopic (exact) mass is 364 g/mol. The van der Waals surface area contributed by atoms with Crippen molar-refractivity contribution in [2.24, 2.45) is 0 Å². The van der Waals surface area contributed by atoms with Gasteiger partial charge in [-0.1, -0.05) is 133 Å². The van der Waals surface area contributed by atoms with E-state index in [2.05, 4.69) is 19.1 Å². The second kappa shape index (κ2) is 17.0. The van der Waals surface area contributed by atoms with Crippen LogP contribution in [0.3, 0.4) is 0 Å². The van der Waals surface area contributed by atoms with E-state index >= 15 is 0 Å². The van der Waals surface area contributed by atoms with E-state index < -0.39 is 0 Å². The Morgan fingerprint density at radius 1 is 0.560 bits per heavy atom. The highest BCUT2D eigenvalue weighted by molar-refractivity contribution is 6.31. The maximum atomic E-state index is 6.20. The van der Waals surface area contributed by atoms with E-state index in [4.69, 9.17) is 11.6 Å². The lowest BCUT2D eigenvalue weighted by molar-refractivity contribution is 0.529. The largest absolute Gasteiger partial charge is 0.0840 e. The van der Waals surface area contributed by atoms with Gasteiger partial charge in [0.05, 0.1) is 0 Å². The molecule has 0 nitrogen and oxygen atoms in total. The molecule has 144 valence electrons. The van der Waals surface area contributed by atoms with Crippen molar-refractivity contribution in [1.29, 1.82) is 0 Å². The summed E-state index contributed by atoms with van der Waals surface area (Å²) in [5.41, 5.74) is 1.31. The van der Waals surface area contributed by atoms with Crippen molar-refractivity contribution in [3.63, 3.8) is 0 Å². The van der Waals surface area contributed by atoms with Crippen LogP contribution in [0.1, 0.15) is 115 Å². The summed E-state index contributed by atoms with van der Waals surface area (Å²) < 4.78 is 0. The Morgan fingerprint density at radius 2 is 0.960 bits per heavy atom. The summed E-state index contributed by atoms with van der Waals surface area (Å²) in [4.78, 5) is 0. The maximum absolute atomic E-state index is 6.20. The SMILES string of the molecule is CCCCCCCCCCCCCCCCCCc1ccccc1Cl. The number of hydrogen-bond donors (Lipinski definition) is 0.